The zero-order valence-corrected chi connectivity index (χ0v) is 7.75. The molecular formula is C10H12N2O2. The van der Waals surface area contributed by atoms with Crippen LogP contribution >= 0.6 is 0 Å². The standard InChI is InChI=1S/C10H12N2O2/c11-10(12)4-2-7-1-3-8-9(5-7)14-6-13-8/h1,3,5H,2,4,6H2,(H3,11,12). The number of fused-ring (bicyclic) bond motifs is 1. The van der Waals surface area contributed by atoms with Gasteiger partial charge in [0.05, 0.1) is 5.84 Å². The van der Waals surface area contributed by atoms with E-state index in [1.54, 1.807) is 0 Å². The van der Waals surface area contributed by atoms with E-state index in [1.165, 1.54) is 0 Å². The summed E-state index contributed by atoms with van der Waals surface area (Å²) in [5.41, 5.74) is 6.40. The molecule has 1 heterocycles. The third kappa shape index (κ3) is 1.79. The number of ether oxygens (including phenoxy) is 2. The molecule has 1 aromatic rings. The third-order valence-electron chi connectivity index (χ3n) is 2.12. The molecule has 14 heavy (non-hydrogen) atoms. The number of amidine groups is 1. The molecule has 1 aliphatic rings. The van der Waals surface area contributed by atoms with Crippen molar-refractivity contribution in [1.29, 1.82) is 5.41 Å². The maximum Gasteiger partial charge on any atom is 0.231 e. The molecule has 1 aliphatic heterocycles. The predicted octanol–water partition coefficient (Wildman–Crippen LogP) is 1.28. The van der Waals surface area contributed by atoms with Gasteiger partial charge in [-0.1, -0.05) is 6.07 Å². The minimum absolute atomic E-state index is 0.211. The number of rotatable bonds is 3. The van der Waals surface area contributed by atoms with E-state index in [-0.39, 0.29) is 5.84 Å². The van der Waals surface area contributed by atoms with Gasteiger partial charge in [0.1, 0.15) is 0 Å². The van der Waals surface area contributed by atoms with Crippen LogP contribution in [0.2, 0.25) is 0 Å². The highest BCUT2D eigenvalue weighted by atomic mass is 16.7. The SMILES string of the molecule is N=C(N)CCc1ccc2c(c1)OCO2. The predicted molar refractivity (Wildman–Crippen MR) is 52.8 cm³/mol. The van der Waals surface area contributed by atoms with E-state index in [0.717, 1.165) is 23.5 Å². The molecule has 0 aromatic heterocycles. The van der Waals surface area contributed by atoms with Crippen molar-refractivity contribution in [3.63, 3.8) is 0 Å². The van der Waals surface area contributed by atoms with Gasteiger partial charge in [-0.15, -0.1) is 0 Å². The van der Waals surface area contributed by atoms with Crippen LogP contribution in [0, 0.1) is 5.41 Å². The fraction of sp³-hybridized carbons (Fsp3) is 0.300. The van der Waals surface area contributed by atoms with Gasteiger partial charge in [-0.3, -0.25) is 5.41 Å². The van der Waals surface area contributed by atoms with Gasteiger partial charge in [0.2, 0.25) is 6.79 Å². The zero-order chi connectivity index (χ0) is 9.97. The number of hydrogen-bond donors (Lipinski definition) is 2. The summed E-state index contributed by atoms with van der Waals surface area (Å²) in [6, 6.07) is 5.79. The lowest BCUT2D eigenvalue weighted by atomic mass is 10.1. The second kappa shape index (κ2) is 3.57. The molecule has 0 saturated carbocycles. The lowest BCUT2D eigenvalue weighted by Crippen LogP contribution is -2.10. The average Bonchev–Trinajstić information content (AvgIpc) is 2.61. The van der Waals surface area contributed by atoms with Gasteiger partial charge < -0.3 is 15.2 Å². The molecule has 4 nitrogen and oxygen atoms in total. The normalized spacial score (nSPS) is 12.9. The maximum absolute atomic E-state index is 7.12. The number of nitrogens with one attached hydrogen (secondary N) is 1. The van der Waals surface area contributed by atoms with E-state index in [0.29, 0.717) is 13.2 Å². The molecule has 0 spiro atoms. The number of benzene rings is 1. The van der Waals surface area contributed by atoms with Crippen LogP contribution in [0.5, 0.6) is 11.5 Å². The Kier molecular flexibility index (Phi) is 2.26. The van der Waals surface area contributed by atoms with Gasteiger partial charge in [-0.2, -0.15) is 0 Å². The first-order valence-corrected chi connectivity index (χ1v) is 4.47. The van der Waals surface area contributed by atoms with Gasteiger partial charge >= 0.3 is 0 Å². The molecule has 3 N–H and O–H groups in total. The molecule has 1 aromatic carbocycles. The highest BCUT2D eigenvalue weighted by Crippen LogP contribution is 2.32. The van der Waals surface area contributed by atoms with Crippen LogP contribution in [-0.2, 0) is 6.42 Å². The van der Waals surface area contributed by atoms with Crippen molar-refractivity contribution >= 4 is 5.84 Å². The van der Waals surface area contributed by atoms with Crippen LogP contribution in [0.25, 0.3) is 0 Å². The summed E-state index contributed by atoms with van der Waals surface area (Å²) in [4.78, 5) is 0. The monoisotopic (exact) mass is 192 g/mol. The first kappa shape index (κ1) is 8.87. The van der Waals surface area contributed by atoms with E-state index in [4.69, 9.17) is 20.6 Å². The molecule has 0 aliphatic carbocycles. The lowest BCUT2D eigenvalue weighted by molar-refractivity contribution is 0.174. The summed E-state index contributed by atoms with van der Waals surface area (Å²) >= 11 is 0. The van der Waals surface area contributed by atoms with Gasteiger partial charge in [0.15, 0.2) is 11.5 Å². The van der Waals surface area contributed by atoms with Crippen molar-refractivity contribution in [2.24, 2.45) is 5.73 Å². The molecule has 4 heteroatoms. The van der Waals surface area contributed by atoms with Crippen molar-refractivity contribution in [2.45, 2.75) is 12.8 Å². The van der Waals surface area contributed by atoms with Crippen LogP contribution in [0.4, 0.5) is 0 Å². The highest BCUT2D eigenvalue weighted by molar-refractivity contribution is 5.77. The minimum Gasteiger partial charge on any atom is -0.454 e. The van der Waals surface area contributed by atoms with Crippen LogP contribution in [-0.4, -0.2) is 12.6 Å². The topological polar surface area (TPSA) is 68.3 Å². The van der Waals surface area contributed by atoms with E-state index < -0.39 is 0 Å². The summed E-state index contributed by atoms with van der Waals surface area (Å²) < 4.78 is 10.4. The molecule has 0 saturated heterocycles. The number of aryl methyl sites for hydroxylation is 1. The summed E-state index contributed by atoms with van der Waals surface area (Å²) in [6.07, 6.45) is 1.35. The molecule has 0 atom stereocenters. The summed E-state index contributed by atoms with van der Waals surface area (Å²) in [6.45, 7) is 0.297. The van der Waals surface area contributed by atoms with E-state index in [9.17, 15) is 0 Å². The second-order valence-corrected chi connectivity index (χ2v) is 3.21. The fourth-order valence-electron chi connectivity index (χ4n) is 1.38. The van der Waals surface area contributed by atoms with Gasteiger partial charge in [-0.05, 0) is 24.1 Å². The van der Waals surface area contributed by atoms with Gasteiger partial charge in [0.25, 0.3) is 0 Å². The Bertz CT molecular complexity index is 363. The Morgan fingerprint density at radius 1 is 1.36 bits per heavy atom. The molecule has 2 rings (SSSR count). The molecule has 0 bridgehead atoms. The van der Waals surface area contributed by atoms with Gasteiger partial charge in [-0.25, -0.2) is 0 Å². The largest absolute Gasteiger partial charge is 0.454 e. The van der Waals surface area contributed by atoms with E-state index >= 15 is 0 Å². The first-order valence-electron chi connectivity index (χ1n) is 4.47. The summed E-state index contributed by atoms with van der Waals surface area (Å²) in [5, 5.41) is 7.12. The van der Waals surface area contributed by atoms with Crippen molar-refractivity contribution in [1.82, 2.24) is 0 Å². The van der Waals surface area contributed by atoms with Crippen molar-refractivity contribution < 1.29 is 9.47 Å². The van der Waals surface area contributed by atoms with E-state index in [1.807, 2.05) is 18.2 Å². The number of hydrogen-bond acceptors (Lipinski definition) is 3. The van der Waals surface area contributed by atoms with Crippen molar-refractivity contribution in [2.75, 3.05) is 6.79 Å². The smallest absolute Gasteiger partial charge is 0.231 e. The Morgan fingerprint density at radius 2 is 2.14 bits per heavy atom. The summed E-state index contributed by atoms with van der Waals surface area (Å²) in [5.74, 6) is 1.78. The lowest BCUT2D eigenvalue weighted by Gasteiger charge is -2.01. The zero-order valence-electron chi connectivity index (χ0n) is 7.75. The Hall–Kier alpha value is -1.71. The maximum atomic E-state index is 7.12. The molecular weight excluding hydrogens is 180 g/mol. The fourth-order valence-corrected chi connectivity index (χ4v) is 1.38. The highest BCUT2D eigenvalue weighted by Gasteiger charge is 2.12. The third-order valence-corrected chi connectivity index (χ3v) is 2.12. The van der Waals surface area contributed by atoms with Crippen molar-refractivity contribution in [3.8, 4) is 11.5 Å². The van der Waals surface area contributed by atoms with Gasteiger partial charge in [0, 0.05) is 6.42 Å². The summed E-state index contributed by atoms with van der Waals surface area (Å²) in [7, 11) is 0. The van der Waals surface area contributed by atoms with Crippen molar-refractivity contribution in [3.05, 3.63) is 23.8 Å². The molecule has 0 fully saturated rings. The van der Waals surface area contributed by atoms with Crippen LogP contribution in [0.1, 0.15) is 12.0 Å². The first-order chi connectivity index (χ1) is 6.75. The quantitative estimate of drug-likeness (QED) is 0.560. The Labute approximate surface area is 82.1 Å². The minimum atomic E-state index is 0.211. The molecule has 0 radical (unpaired) electrons. The van der Waals surface area contributed by atoms with Crippen LogP contribution in [0.15, 0.2) is 18.2 Å². The Morgan fingerprint density at radius 3 is 2.93 bits per heavy atom. The Balaban J connectivity index is 2.09. The molecule has 0 amide bonds. The molecule has 0 unspecified atom stereocenters. The molecule has 74 valence electrons. The average molecular weight is 192 g/mol. The number of nitrogens with two attached hydrogens (primary N) is 1. The van der Waals surface area contributed by atoms with E-state index in [2.05, 4.69) is 0 Å². The van der Waals surface area contributed by atoms with Crippen LogP contribution < -0.4 is 15.2 Å². The van der Waals surface area contributed by atoms with Crippen LogP contribution in [0.3, 0.4) is 0 Å². The second-order valence-electron chi connectivity index (χ2n) is 3.21.